The molecule has 32 heavy (non-hydrogen) atoms. The van der Waals surface area contributed by atoms with Crippen LogP contribution in [0.2, 0.25) is 0 Å². The molecular weight excluding hydrogens is 422 g/mol. The molecule has 3 rings (SSSR count). The Labute approximate surface area is 185 Å². The SMILES string of the molecule is COC(=O)C1=CC(OC(=O)c2ccccc2)C(NC(C)=O)C(C(O)C2COC(C)(C)O2)O1. The molecule has 1 aromatic rings. The van der Waals surface area contributed by atoms with Gasteiger partial charge in [0, 0.05) is 13.0 Å². The molecule has 0 aromatic heterocycles. The molecular formula is C22H27NO9. The molecule has 0 aliphatic carbocycles. The molecule has 2 aliphatic heterocycles. The standard InChI is InChI=1S/C22H27NO9/c1-12(24)23-17-14(31-20(26)13-8-6-5-7-9-13)10-15(21(27)28-4)30-19(17)18(25)16-11-29-22(2,3)32-16/h5-10,14,16-19,25H,11H2,1-4H3,(H,23,24). The summed E-state index contributed by atoms with van der Waals surface area (Å²) in [6, 6.07) is 7.21. The van der Waals surface area contributed by atoms with Crippen molar-refractivity contribution < 1.29 is 43.2 Å². The van der Waals surface area contributed by atoms with Gasteiger partial charge in [-0.2, -0.15) is 0 Å². The summed E-state index contributed by atoms with van der Waals surface area (Å²) < 4.78 is 27.3. The van der Waals surface area contributed by atoms with E-state index < -0.39 is 54.1 Å². The van der Waals surface area contributed by atoms with E-state index in [1.54, 1.807) is 44.2 Å². The van der Waals surface area contributed by atoms with Gasteiger partial charge in [0.2, 0.25) is 11.7 Å². The van der Waals surface area contributed by atoms with E-state index in [9.17, 15) is 19.5 Å². The number of aliphatic hydroxyl groups excluding tert-OH is 1. The Kier molecular flexibility index (Phi) is 7.17. The molecule has 0 saturated carbocycles. The molecule has 1 saturated heterocycles. The fraction of sp³-hybridized carbons (Fsp3) is 0.500. The number of carbonyl (C=O) groups is 3. The van der Waals surface area contributed by atoms with Gasteiger partial charge in [0.1, 0.15) is 24.4 Å². The lowest BCUT2D eigenvalue weighted by molar-refractivity contribution is -0.172. The van der Waals surface area contributed by atoms with Crippen LogP contribution in [0.3, 0.4) is 0 Å². The van der Waals surface area contributed by atoms with Gasteiger partial charge in [-0.1, -0.05) is 18.2 Å². The van der Waals surface area contributed by atoms with Gasteiger partial charge in [-0.3, -0.25) is 4.79 Å². The summed E-state index contributed by atoms with van der Waals surface area (Å²) >= 11 is 0. The first-order chi connectivity index (χ1) is 15.1. The molecule has 1 aromatic carbocycles. The van der Waals surface area contributed by atoms with Crippen LogP contribution in [-0.4, -0.2) is 72.9 Å². The second-order valence-electron chi connectivity index (χ2n) is 7.92. The molecule has 2 heterocycles. The number of rotatable bonds is 6. The number of aliphatic hydroxyl groups is 1. The van der Waals surface area contributed by atoms with Crippen LogP contribution in [0.1, 0.15) is 31.1 Å². The molecule has 1 fully saturated rings. The summed E-state index contributed by atoms with van der Waals surface area (Å²) in [7, 11) is 1.17. The van der Waals surface area contributed by atoms with Gasteiger partial charge in [-0.25, -0.2) is 9.59 Å². The van der Waals surface area contributed by atoms with E-state index in [4.69, 9.17) is 23.7 Å². The zero-order valence-corrected chi connectivity index (χ0v) is 18.3. The van der Waals surface area contributed by atoms with Gasteiger partial charge in [-0.05, 0) is 26.0 Å². The maximum atomic E-state index is 12.7. The van der Waals surface area contributed by atoms with Crippen LogP contribution in [0, 0.1) is 0 Å². The van der Waals surface area contributed by atoms with Crippen LogP contribution in [0.15, 0.2) is 42.2 Å². The minimum absolute atomic E-state index is 0.0621. The Hall–Kier alpha value is -2.95. The van der Waals surface area contributed by atoms with Crippen molar-refractivity contribution in [1.82, 2.24) is 5.32 Å². The predicted octanol–water partition coefficient (Wildman–Crippen LogP) is 0.685. The Morgan fingerprint density at radius 2 is 1.88 bits per heavy atom. The van der Waals surface area contributed by atoms with Crippen molar-refractivity contribution in [3.63, 3.8) is 0 Å². The molecule has 5 unspecified atom stereocenters. The normalized spacial score (nSPS) is 27.5. The lowest BCUT2D eigenvalue weighted by Gasteiger charge is -2.39. The number of carbonyl (C=O) groups excluding carboxylic acids is 3. The first-order valence-corrected chi connectivity index (χ1v) is 10.1. The number of amides is 1. The quantitative estimate of drug-likeness (QED) is 0.602. The van der Waals surface area contributed by atoms with Crippen molar-refractivity contribution in [3.05, 3.63) is 47.7 Å². The van der Waals surface area contributed by atoms with E-state index in [0.717, 1.165) is 0 Å². The molecule has 0 radical (unpaired) electrons. The van der Waals surface area contributed by atoms with Gasteiger partial charge in [-0.15, -0.1) is 0 Å². The van der Waals surface area contributed by atoms with Crippen LogP contribution in [0.5, 0.6) is 0 Å². The summed E-state index contributed by atoms with van der Waals surface area (Å²) in [5.41, 5.74) is 0.278. The third-order valence-corrected chi connectivity index (χ3v) is 5.04. The van der Waals surface area contributed by atoms with Crippen molar-refractivity contribution in [3.8, 4) is 0 Å². The van der Waals surface area contributed by atoms with E-state index in [2.05, 4.69) is 5.32 Å². The molecule has 10 nitrogen and oxygen atoms in total. The minimum Gasteiger partial charge on any atom is -0.478 e. The van der Waals surface area contributed by atoms with Crippen molar-refractivity contribution in [2.75, 3.05) is 13.7 Å². The van der Waals surface area contributed by atoms with E-state index in [1.807, 2.05) is 0 Å². The summed E-state index contributed by atoms with van der Waals surface area (Å²) in [5, 5.41) is 13.7. The Morgan fingerprint density at radius 3 is 2.44 bits per heavy atom. The van der Waals surface area contributed by atoms with Gasteiger partial charge >= 0.3 is 11.9 Å². The zero-order valence-electron chi connectivity index (χ0n) is 18.3. The second kappa shape index (κ2) is 9.68. The largest absolute Gasteiger partial charge is 0.478 e. The summed E-state index contributed by atoms with van der Waals surface area (Å²) in [4.78, 5) is 36.8. The van der Waals surface area contributed by atoms with Crippen molar-refractivity contribution in [1.29, 1.82) is 0 Å². The van der Waals surface area contributed by atoms with Crippen molar-refractivity contribution in [2.45, 2.75) is 57.0 Å². The maximum absolute atomic E-state index is 12.7. The van der Waals surface area contributed by atoms with E-state index >= 15 is 0 Å². The van der Waals surface area contributed by atoms with Crippen LogP contribution < -0.4 is 5.32 Å². The number of hydrogen-bond acceptors (Lipinski definition) is 9. The lowest BCUT2D eigenvalue weighted by Crippen LogP contribution is -2.60. The number of hydrogen-bond donors (Lipinski definition) is 2. The smallest absolute Gasteiger partial charge is 0.373 e. The van der Waals surface area contributed by atoms with Gasteiger partial charge in [0.25, 0.3) is 0 Å². The number of nitrogens with one attached hydrogen (secondary N) is 1. The van der Waals surface area contributed by atoms with Crippen molar-refractivity contribution >= 4 is 17.8 Å². The summed E-state index contributed by atoms with van der Waals surface area (Å²) in [6.45, 7) is 4.72. The summed E-state index contributed by atoms with van der Waals surface area (Å²) in [5.74, 6) is -3.14. The average molecular weight is 449 g/mol. The molecule has 10 heteroatoms. The Balaban J connectivity index is 1.93. The first kappa shape index (κ1) is 23.7. The molecule has 2 aliphatic rings. The molecule has 0 bridgehead atoms. The number of ether oxygens (including phenoxy) is 5. The number of methoxy groups -OCH3 is 1. The van der Waals surface area contributed by atoms with Crippen LogP contribution in [0.25, 0.3) is 0 Å². The second-order valence-corrected chi connectivity index (χ2v) is 7.92. The minimum atomic E-state index is -1.33. The molecule has 2 N–H and O–H groups in total. The third kappa shape index (κ3) is 5.45. The predicted molar refractivity (Wildman–Crippen MR) is 109 cm³/mol. The van der Waals surface area contributed by atoms with Crippen molar-refractivity contribution in [2.24, 2.45) is 0 Å². The van der Waals surface area contributed by atoms with Crippen LogP contribution in [-0.2, 0) is 33.3 Å². The topological polar surface area (TPSA) is 130 Å². The number of esters is 2. The monoisotopic (exact) mass is 449 g/mol. The molecule has 174 valence electrons. The molecule has 1 amide bonds. The highest BCUT2D eigenvalue weighted by Gasteiger charge is 2.48. The van der Waals surface area contributed by atoms with Gasteiger partial charge in [0.15, 0.2) is 11.9 Å². The van der Waals surface area contributed by atoms with Gasteiger partial charge < -0.3 is 34.1 Å². The molecule has 5 atom stereocenters. The molecule has 0 spiro atoms. The fourth-order valence-electron chi connectivity index (χ4n) is 3.57. The highest BCUT2D eigenvalue weighted by atomic mass is 16.7. The lowest BCUT2D eigenvalue weighted by atomic mass is 9.93. The number of benzene rings is 1. The average Bonchev–Trinajstić information content (AvgIpc) is 3.13. The maximum Gasteiger partial charge on any atom is 0.373 e. The van der Waals surface area contributed by atoms with E-state index in [-0.39, 0.29) is 17.9 Å². The van der Waals surface area contributed by atoms with E-state index in [0.29, 0.717) is 0 Å². The summed E-state index contributed by atoms with van der Waals surface area (Å²) in [6.07, 6.45) is -3.24. The first-order valence-electron chi connectivity index (χ1n) is 10.1. The highest BCUT2D eigenvalue weighted by Crippen LogP contribution is 2.31. The van der Waals surface area contributed by atoms with Crippen LogP contribution in [0.4, 0.5) is 0 Å². The Bertz CT molecular complexity index is 883. The van der Waals surface area contributed by atoms with Crippen LogP contribution >= 0.6 is 0 Å². The van der Waals surface area contributed by atoms with E-state index in [1.165, 1.54) is 20.1 Å². The Morgan fingerprint density at radius 1 is 1.19 bits per heavy atom. The third-order valence-electron chi connectivity index (χ3n) is 5.04. The van der Waals surface area contributed by atoms with Gasteiger partial charge in [0.05, 0.1) is 19.3 Å². The zero-order chi connectivity index (χ0) is 23.5. The fourth-order valence-corrected chi connectivity index (χ4v) is 3.57. The highest BCUT2D eigenvalue weighted by molar-refractivity contribution is 5.90.